The van der Waals surface area contributed by atoms with Gasteiger partial charge in [-0.2, -0.15) is 0 Å². The number of thiophene rings is 1. The largest absolute Gasteiger partial charge is 0.309 e. The fraction of sp³-hybridized carbons (Fsp3) is 0. The van der Waals surface area contributed by atoms with Gasteiger partial charge >= 0.3 is 0 Å². The summed E-state index contributed by atoms with van der Waals surface area (Å²) in [7, 11) is 0. The lowest BCUT2D eigenvalue weighted by atomic mass is 9.98. The third-order valence-electron chi connectivity index (χ3n) is 13.0. The van der Waals surface area contributed by atoms with Gasteiger partial charge in [0.15, 0.2) is 0 Å². The predicted octanol–water partition coefficient (Wildman–Crippen LogP) is 16.9. The van der Waals surface area contributed by atoms with Crippen LogP contribution >= 0.6 is 11.3 Å². The maximum Gasteiger partial charge on any atom is 0.0719 e. The van der Waals surface area contributed by atoms with Crippen LogP contribution in [-0.2, 0) is 0 Å². The highest BCUT2D eigenvalue weighted by Crippen LogP contribution is 2.43. The smallest absolute Gasteiger partial charge is 0.0719 e. The van der Waals surface area contributed by atoms with Crippen molar-refractivity contribution in [3.8, 4) is 55.9 Å². The van der Waals surface area contributed by atoms with Crippen LogP contribution in [0.2, 0.25) is 0 Å². The molecule has 0 saturated carbocycles. The Labute approximate surface area is 368 Å². The van der Waals surface area contributed by atoms with Crippen molar-refractivity contribution in [2.75, 3.05) is 0 Å². The number of hydrogen-bond acceptors (Lipinski definition) is 1. The van der Waals surface area contributed by atoms with Crippen molar-refractivity contribution in [1.82, 2.24) is 9.13 Å². The summed E-state index contributed by atoms with van der Waals surface area (Å²) in [4.78, 5) is 0. The molecule has 294 valence electrons. The maximum atomic E-state index is 2.46. The zero-order valence-electron chi connectivity index (χ0n) is 34.2. The Hall–Kier alpha value is -7.98. The van der Waals surface area contributed by atoms with Crippen molar-refractivity contribution in [1.29, 1.82) is 0 Å². The number of para-hydroxylation sites is 2. The second-order valence-electron chi connectivity index (χ2n) is 16.5. The van der Waals surface area contributed by atoms with Crippen LogP contribution in [0.5, 0.6) is 0 Å². The van der Waals surface area contributed by atoms with Gasteiger partial charge in [-0.1, -0.05) is 170 Å². The molecule has 0 aliphatic heterocycles. The molecule has 13 rings (SSSR count). The summed E-state index contributed by atoms with van der Waals surface area (Å²) in [5.74, 6) is 0. The average Bonchev–Trinajstić information content (AvgIpc) is 4.02. The Kier molecular flexibility index (Phi) is 8.12. The summed E-state index contributed by atoms with van der Waals surface area (Å²) in [5.41, 5.74) is 16.9. The minimum atomic E-state index is 1.15. The Bertz CT molecular complexity index is 3870. The first-order chi connectivity index (χ1) is 31.2. The van der Waals surface area contributed by atoms with Crippen molar-refractivity contribution < 1.29 is 0 Å². The molecule has 0 aliphatic rings. The molecule has 0 fully saturated rings. The molecule has 10 aromatic carbocycles. The van der Waals surface area contributed by atoms with Gasteiger partial charge in [0.2, 0.25) is 0 Å². The number of nitrogens with zero attached hydrogens (tertiary/aromatic N) is 2. The Morgan fingerprint density at radius 1 is 0.254 bits per heavy atom. The topological polar surface area (TPSA) is 9.86 Å². The zero-order valence-corrected chi connectivity index (χ0v) is 35.1. The zero-order chi connectivity index (χ0) is 41.4. The minimum Gasteiger partial charge on any atom is -0.309 e. The molecule has 0 N–H and O–H groups in total. The van der Waals surface area contributed by atoms with Gasteiger partial charge < -0.3 is 9.13 Å². The summed E-state index contributed by atoms with van der Waals surface area (Å²) in [6, 6.07) is 84.4. The van der Waals surface area contributed by atoms with Crippen molar-refractivity contribution in [3.05, 3.63) is 231 Å². The number of aromatic nitrogens is 2. The molecule has 0 bridgehead atoms. The first kappa shape index (κ1) is 35.7. The van der Waals surface area contributed by atoms with Gasteiger partial charge in [-0.15, -0.1) is 11.3 Å². The molecule has 0 amide bonds. The van der Waals surface area contributed by atoms with E-state index in [0.29, 0.717) is 0 Å². The molecule has 0 radical (unpaired) electrons. The second-order valence-corrected chi connectivity index (χ2v) is 17.5. The summed E-state index contributed by atoms with van der Waals surface area (Å²) < 4.78 is 7.52. The fourth-order valence-electron chi connectivity index (χ4n) is 9.90. The first-order valence-electron chi connectivity index (χ1n) is 21.6. The van der Waals surface area contributed by atoms with E-state index in [4.69, 9.17) is 0 Å². The first-order valence-corrected chi connectivity index (χ1v) is 22.4. The van der Waals surface area contributed by atoms with E-state index < -0.39 is 0 Å². The molecular weight excluding hydrogens is 781 g/mol. The number of hydrogen-bond donors (Lipinski definition) is 0. The molecule has 63 heavy (non-hydrogen) atoms. The summed E-state index contributed by atoms with van der Waals surface area (Å²) in [6.45, 7) is 0. The van der Waals surface area contributed by atoms with Crippen LogP contribution in [0.1, 0.15) is 0 Å². The van der Waals surface area contributed by atoms with Gasteiger partial charge in [0.05, 0.1) is 26.8 Å². The van der Waals surface area contributed by atoms with Gasteiger partial charge in [0.25, 0.3) is 0 Å². The Morgan fingerprint density at radius 3 is 1.38 bits per heavy atom. The number of fused-ring (bicyclic) bond motifs is 10. The molecule has 2 nitrogen and oxygen atoms in total. The van der Waals surface area contributed by atoms with Gasteiger partial charge in [-0.05, 0) is 105 Å². The maximum absolute atomic E-state index is 2.46. The van der Waals surface area contributed by atoms with Gasteiger partial charge in [-0.3, -0.25) is 0 Å². The Balaban J connectivity index is 0.806. The van der Waals surface area contributed by atoms with Crippen LogP contribution in [0.3, 0.4) is 0 Å². The van der Waals surface area contributed by atoms with E-state index in [1.807, 2.05) is 11.3 Å². The van der Waals surface area contributed by atoms with E-state index >= 15 is 0 Å². The van der Waals surface area contributed by atoms with Gasteiger partial charge in [0, 0.05) is 48.4 Å². The van der Waals surface area contributed by atoms with Crippen molar-refractivity contribution in [2.45, 2.75) is 0 Å². The van der Waals surface area contributed by atoms with E-state index in [1.54, 1.807) is 0 Å². The fourth-order valence-corrected chi connectivity index (χ4v) is 11.1. The minimum absolute atomic E-state index is 1.15. The van der Waals surface area contributed by atoms with E-state index in [9.17, 15) is 0 Å². The molecule has 0 atom stereocenters. The van der Waals surface area contributed by atoms with Crippen molar-refractivity contribution in [3.63, 3.8) is 0 Å². The highest BCUT2D eigenvalue weighted by Gasteiger charge is 2.18. The lowest BCUT2D eigenvalue weighted by molar-refractivity contribution is 1.18. The van der Waals surface area contributed by atoms with Crippen LogP contribution in [0.25, 0.3) is 120 Å². The molecular formula is C60H38N2S. The molecule has 13 aromatic rings. The number of rotatable bonds is 6. The van der Waals surface area contributed by atoms with Crippen LogP contribution in [-0.4, -0.2) is 9.13 Å². The van der Waals surface area contributed by atoms with E-state index in [2.05, 4.69) is 240 Å². The van der Waals surface area contributed by atoms with E-state index in [1.165, 1.54) is 114 Å². The quantitative estimate of drug-likeness (QED) is 0.158. The lowest BCUT2D eigenvalue weighted by Gasteiger charge is -2.11. The van der Waals surface area contributed by atoms with Gasteiger partial charge in [0.1, 0.15) is 0 Å². The monoisotopic (exact) mass is 818 g/mol. The van der Waals surface area contributed by atoms with Crippen LogP contribution < -0.4 is 0 Å². The third-order valence-corrected chi connectivity index (χ3v) is 14.2. The van der Waals surface area contributed by atoms with Crippen molar-refractivity contribution in [2.24, 2.45) is 0 Å². The standard InChI is InChI=1S/C60H38N2S/c1-2-11-39(12-3-1)44-13-10-14-45(37-44)46-29-36-57-54(38-46)50-16-5-7-18-55(50)61(57)47-30-25-42(26-31-47)40-21-23-41(24-22-40)43-27-32-48(33-28-43)62-56-19-8-4-15-49(56)52-34-35-53-51-17-6-9-20-58(51)63-60(53)59(52)62/h1-38H. The molecule has 3 heteroatoms. The molecule has 0 spiro atoms. The molecule has 3 heterocycles. The van der Waals surface area contributed by atoms with Gasteiger partial charge in [-0.25, -0.2) is 0 Å². The van der Waals surface area contributed by atoms with E-state index in [-0.39, 0.29) is 0 Å². The molecule has 3 aromatic heterocycles. The van der Waals surface area contributed by atoms with Crippen LogP contribution in [0.15, 0.2) is 231 Å². The second kappa shape index (κ2) is 14.3. The highest BCUT2D eigenvalue weighted by molar-refractivity contribution is 7.26. The molecule has 0 saturated heterocycles. The highest BCUT2D eigenvalue weighted by atomic mass is 32.1. The van der Waals surface area contributed by atoms with Crippen molar-refractivity contribution >= 4 is 75.1 Å². The number of benzene rings is 10. The molecule has 0 unspecified atom stereocenters. The lowest BCUT2D eigenvalue weighted by Crippen LogP contribution is -1.94. The van der Waals surface area contributed by atoms with Crippen LogP contribution in [0, 0.1) is 0 Å². The third kappa shape index (κ3) is 5.78. The summed E-state index contributed by atoms with van der Waals surface area (Å²) in [5, 5.41) is 7.73. The summed E-state index contributed by atoms with van der Waals surface area (Å²) in [6.07, 6.45) is 0. The predicted molar refractivity (Wildman–Crippen MR) is 270 cm³/mol. The normalized spacial score (nSPS) is 11.8. The van der Waals surface area contributed by atoms with E-state index in [0.717, 1.165) is 5.69 Å². The Morgan fingerprint density at radius 2 is 0.698 bits per heavy atom. The van der Waals surface area contributed by atoms with Crippen LogP contribution in [0.4, 0.5) is 0 Å². The SMILES string of the molecule is c1ccc(-c2cccc(-c3ccc4c(c3)c3ccccc3n4-c3ccc(-c4ccc(-c5ccc(-n6c7ccccc7c7ccc8c9ccccc9sc8c76)cc5)cc4)cc3)c2)cc1. The summed E-state index contributed by atoms with van der Waals surface area (Å²) >= 11 is 1.89. The average molecular weight is 819 g/mol. The molecule has 0 aliphatic carbocycles.